The van der Waals surface area contributed by atoms with Gasteiger partial charge >= 0.3 is 0 Å². The second kappa shape index (κ2) is 6.36. The van der Waals surface area contributed by atoms with E-state index in [2.05, 4.69) is 48.0 Å². The maximum Gasteiger partial charge on any atom is 0.264 e. The average molecular weight is 311 g/mol. The first-order valence-electron chi connectivity index (χ1n) is 7.83. The van der Waals surface area contributed by atoms with Gasteiger partial charge in [-0.25, -0.2) is 0 Å². The molecule has 0 fully saturated rings. The number of nitrogens with zero attached hydrogens (tertiary/aromatic N) is 3. The minimum Gasteiger partial charge on any atom is -0.483 e. The number of benzene rings is 1. The zero-order valence-corrected chi connectivity index (χ0v) is 14.0. The third-order valence-electron chi connectivity index (χ3n) is 3.51. The van der Waals surface area contributed by atoms with Gasteiger partial charge in [-0.15, -0.1) is 0 Å². The second-order valence-corrected chi connectivity index (χ2v) is 6.27. The SMILES string of the molecule is Cc1ccc2c(OCc3nc(CC(C)C)no3)cc(C)nc2c1. The fourth-order valence-corrected chi connectivity index (χ4v) is 2.49. The molecule has 1 aromatic carbocycles. The number of aromatic nitrogens is 3. The van der Waals surface area contributed by atoms with Crippen molar-refractivity contribution in [1.82, 2.24) is 15.1 Å². The van der Waals surface area contributed by atoms with Gasteiger partial charge in [0.05, 0.1) is 5.52 Å². The molecule has 5 nitrogen and oxygen atoms in total. The maximum atomic E-state index is 5.91. The minimum atomic E-state index is 0.261. The van der Waals surface area contributed by atoms with E-state index in [4.69, 9.17) is 9.26 Å². The van der Waals surface area contributed by atoms with Gasteiger partial charge in [-0.2, -0.15) is 4.98 Å². The van der Waals surface area contributed by atoms with E-state index in [9.17, 15) is 0 Å². The van der Waals surface area contributed by atoms with Crippen LogP contribution in [0.1, 0.15) is 36.8 Å². The van der Waals surface area contributed by atoms with Crippen molar-refractivity contribution in [3.8, 4) is 5.75 Å². The molecule has 3 aromatic rings. The molecule has 0 saturated heterocycles. The molecule has 0 radical (unpaired) electrons. The van der Waals surface area contributed by atoms with Gasteiger partial charge in [-0.3, -0.25) is 4.98 Å². The highest BCUT2D eigenvalue weighted by molar-refractivity contribution is 5.85. The molecule has 3 rings (SSSR count). The summed E-state index contributed by atoms with van der Waals surface area (Å²) < 4.78 is 11.2. The Labute approximate surface area is 135 Å². The quantitative estimate of drug-likeness (QED) is 0.712. The van der Waals surface area contributed by atoms with Crippen LogP contribution >= 0.6 is 0 Å². The Morgan fingerprint density at radius 1 is 1.13 bits per heavy atom. The molecule has 0 aliphatic heterocycles. The zero-order valence-electron chi connectivity index (χ0n) is 14.0. The lowest BCUT2D eigenvalue weighted by Gasteiger charge is -2.09. The van der Waals surface area contributed by atoms with Gasteiger partial charge in [0.25, 0.3) is 5.89 Å². The van der Waals surface area contributed by atoms with E-state index in [-0.39, 0.29) is 6.61 Å². The monoisotopic (exact) mass is 311 g/mol. The van der Waals surface area contributed by atoms with Gasteiger partial charge in [-0.05, 0) is 37.5 Å². The van der Waals surface area contributed by atoms with E-state index in [0.717, 1.165) is 34.6 Å². The molecule has 0 N–H and O–H groups in total. The Kier molecular flexibility index (Phi) is 4.28. The van der Waals surface area contributed by atoms with Gasteiger partial charge in [0, 0.05) is 23.6 Å². The van der Waals surface area contributed by atoms with E-state index >= 15 is 0 Å². The summed E-state index contributed by atoms with van der Waals surface area (Å²) in [6.45, 7) is 8.53. The van der Waals surface area contributed by atoms with Gasteiger partial charge < -0.3 is 9.26 Å². The molecule has 2 aromatic heterocycles. The molecule has 2 heterocycles. The molecule has 120 valence electrons. The third-order valence-corrected chi connectivity index (χ3v) is 3.51. The second-order valence-electron chi connectivity index (χ2n) is 6.27. The lowest BCUT2D eigenvalue weighted by Crippen LogP contribution is -2.00. The van der Waals surface area contributed by atoms with Crippen LogP contribution < -0.4 is 4.74 Å². The normalized spacial score (nSPS) is 11.3. The van der Waals surface area contributed by atoms with E-state index < -0.39 is 0 Å². The predicted octanol–water partition coefficient (Wildman–Crippen LogP) is 4.01. The van der Waals surface area contributed by atoms with Crippen molar-refractivity contribution in [2.45, 2.75) is 40.7 Å². The van der Waals surface area contributed by atoms with Crippen molar-refractivity contribution in [3.05, 3.63) is 47.2 Å². The molecule has 0 amide bonds. The molecule has 0 atom stereocenters. The summed E-state index contributed by atoms with van der Waals surface area (Å²) in [5.41, 5.74) is 3.03. The molecular weight excluding hydrogens is 290 g/mol. The summed E-state index contributed by atoms with van der Waals surface area (Å²) in [6, 6.07) is 8.08. The molecule has 0 aliphatic rings. The van der Waals surface area contributed by atoms with E-state index in [1.54, 1.807) is 0 Å². The Morgan fingerprint density at radius 2 is 1.96 bits per heavy atom. The van der Waals surface area contributed by atoms with E-state index in [1.807, 2.05) is 19.1 Å². The molecule has 0 unspecified atom stereocenters. The smallest absolute Gasteiger partial charge is 0.264 e. The van der Waals surface area contributed by atoms with Crippen molar-refractivity contribution in [2.75, 3.05) is 0 Å². The summed E-state index contributed by atoms with van der Waals surface area (Å²) in [7, 11) is 0. The number of pyridine rings is 1. The topological polar surface area (TPSA) is 61.0 Å². The lowest BCUT2D eigenvalue weighted by atomic mass is 10.1. The highest BCUT2D eigenvalue weighted by atomic mass is 16.5. The van der Waals surface area contributed by atoms with Crippen molar-refractivity contribution in [1.29, 1.82) is 0 Å². The first-order valence-corrected chi connectivity index (χ1v) is 7.83. The molecule has 0 saturated carbocycles. The third kappa shape index (κ3) is 3.67. The van der Waals surface area contributed by atoms with Gasteiger partial charge in [0.2, 0.25) is 0 Å². The Morgan fingerprint density at radius 3 is 2.74 bits per heavy atom. The first-order chi connectivity index (χ1) is 11.0. The molecule has 23 heavy (non-hydrogen) atoms. The Balaban J connectivity index is 1.80. The largest absolute Gasteiger partial charge is 0.483 e. The summed E-state index contributed by atoms with van der Waals surface area (Å²) >= 11 is 0. The van der Waals surface area contributed by atoms with Crippen LogP contribution in [-0.4, -0.2) is 15.1 Å². The first kappa shape index (κ1) is 15.5. The van der Waals surface area contributed by atoms with Gasteiger partial charge in [0.15, 0.2) is 12.4 Å². The Bertz CT molecular complexity index is 819. The lowest BCUT2D eigenvalue weighted by molar-refractivity contribution is 0.244. The Hall–Kier alpha value is -2.43. The molecule has 0 bridgehead atoms. The molecule has 0 aliphatic carbocycles. The van der Waals surface area contributed by atoms with Crippen LogP contribution in [0.15, 0.2) is 28.8 Å². The number of rotatable bonds is 5. The van der Waals surface area contributed by atoms with Gasteiger partial charge in [0.1, 0.15) is 5.75 Å². The van der Waals surface area contributed by atoms with Crippen molar-refractivity contribution in [2.24, 2.45) is 5.92 Å². The molecule has 5 heteroatoms. The summed E-state index contributed by atoms with van der Waals surface area (Å²) in [6.07, 6.45) is 0.806. The standard InChI is InChI=1S/C18H21N3O2/c1-11(2)7-17-20-18(23-21-17)10-22-16-9-13(4)19-15-8-12(3)5-6-14(15)16/h5-6,8-9,11H,7,10H2,1-4H3. The van der Waals surface area contributed by atoms with Crippen molar-refractivity contribution in [3.63, 3.8) is 0 Å². The highest BCUT2D eigenvalue weighted by Gasteiger charge is 2.11. The van der Waals surface area contributed by atoms with E-state index in [1.165, 1.54) is 5.56 Å². The fourth-order valence-electron chi connectivity index (χ4n) is 2.49. The van der Waals surface area contributed by atoms with Crippen LogP contribution in [-0.2, 0) is 13.0 Å². The van der Waals surface area contributed by atoms with Crippen LogP contribution in [0.5, 0.6) is 5.75 Å². The number of fused-ring (bicyclic) bond motifs is 1. The summed E-state index contributed by atoms with van der Waals surface area (Å²) in [4.78, 5) is 8.92. The average Bonchev–Trinajstić information content (AvgIpc) is 2.90. The highest BCUT2D eigenvalue weighted by Crippen LogP contribution is 2.26. The number of hydrogen-bond donors (Lipinski definition) is 0. The van der Waals surface area contributed by atoms with Crippen molar-refractivity contribution >= 4 is 10.9 Å². The zero-order chi connectivity index (χ0) is 16.4. The predicted molar refractivity (Wildman–Crippen MR) is 88.4 cm³/mol. The summed E-state index contributed by atoms with van der Waals surface area (Å²) in [5, 5.41) is 4.97. The van der Waals surface area contributed by atoms with Crippen LogP contribution in [0.3, 0.4) is 0 Å². The van der Waals surface area contributed by atoms with Crippen LogP contribution in [0.2, 0.25) is 0 Å². The van der Waals surface area contributed by atoms with E-state index in [0.29, 0.717) is 11.8 Å². The van der Waals surface area contributed by atoms with Crippen LogP contribution in [0, 0.1) is 19.8 Å². The summed E-state index contributed by atoms with van der Waals surface area (Å²) in [5.74, 6) is 2.51. The minimum absolute atomic E-state index is 0.261. The van der Waals surface area contributed by atoms with Gasteiger partial charge in [-0.1, -0.05) is 25.1 Å². The van der Waals surface area contributed by atoms with Crippen LogP contribution in [0.4, 0.5) is 0 Å². The molecular formula is C18H21N3O2. The molecule has 0 spiro atoms. The maximum absolute atomic E-state index is 5.91. The van der Waals surface area contributed by atoms with Crippen molar-refractivity contribution < 1.29 is 9.26 Å². The fraction of sp³-hybridized carbons (Fsp3) is 0.389. The van der Waals surface area contributed by atoms with Crippen LogP contribution in [0.25, 0.3) is 10.9 Å². The number of aryl methyl sites for hydroxylation is 2. The number of ether oxygens (including phenoxy) is 1. The number of hydrogen-bond acceptors (Lipinski definition) is 5.